The summed E-state index contributed by atoms with van der Waals surface area (Å²) in [6.45, 7) is 5.13. The Kier molecular flexibility index (Phi) is 3.92. The average Bonchev–Trinajstić information content (AvgIpc) is 2.90. The molecule has 0 radical (unpaired) electrons. The highest BCUT2D eigenvalue weighted by molar-refractivity contribution is 8.03. The van der Waals surface area contributed by atoms with E-state index in [-0.39, 0.29) is 11.3 Å². The Morgan fingerprint density at radius 3 is 2.85 bits per heavy atom. The molecule has 1 aromatic rings. The number of nitrogens with one attached hydrogen (secondary N) is 1. The van der Waals surface area contributed by atoms with Crippen LogP contribution in [0.4, 0.5) is 0 Å². The Morgan fingerprint density at radius 2 is 2.10 bits per heavy atom. The van der Waals surface area contributed by atoms with Crippen molar-refractivity contribution in [3.63, 3.8) is 0 Å². The second-order valence-electron chi connectivity index (χ2n) is 5.13. The van der Waals surface area contributed by atoms with Crippen LogP contribution in [0.5, 0.6) is 0 Å². The third kappa shape index (κ3) is 2.52. The van der Waals surface area contributed by atoms with Crippen molar-refractivity contribution in [2.45, 2.75) is 25.6 Å². The van der Waals surface area contributed by atoms with E-state index in [2.05, 4.69) is 53.8 Å². The standard InChI is InChI=1S/C16H19N3S/c1-3-8-17-15-14-13(9-20-16(14)19-10-18-15)12-6-4-11(2)5-7-12/h4-7,9-10,14,16H,3,8H2,1-2H3,(H,17,18,19)/t14-,16+/m0/s1. The van der Waals surface area contributed by atoms with Crippen molar-refractivity contribution < 1.29 is 0 Å². The number of nitrogens with zero attached hydrogens (tertiary/aromatic N) is 2. The van der Waals surface area contributed by atoms with Gasteiger partial charge in [0.05, 0.1) is 12.3 Å². The molecule has 0 saturated carbocycles. The molecule has 0 aromatic heterocycles. The lowest BCUT2D eigenvalue weighted by atomic mass is 9.91. The molecule has 2 heterocycles. The van der Waals surface area contributed by atoms with Crippen molar-refractivity contribution in [3.8, 4) is 0 Å². The first-order valence-electron chi connectivity index (χ1n) is 7.04. The van der Waals surface area contributed by atoms with Gasteiger partial charge in [0.1, 0.15) is 11.2 Å². The molecule has 0 spiro atoms. The van der Waals surface area contributed by atoms with Gasteiger partial charge < -0.3 is 5.32 Å². The molecule has 0 aliphatic carbocycles. The largest absolute Gasteiger partial charge is 0.335 e. The summed E-state index contributed by atoms with van der Waals surface area (Å²) >= 11 is 1.79. The van der Waals surface area contributed by atoms with Crippen LogP contribution < -0.4 is 5.32 Å². The van der Waals surface area contributed by atoms with Crippen molar-refractivity contribution in [2.75, 3.05) is 6.54 Å². The van der Waals surface area contributed by atoms with Gasteiger partial charge in [0.25, 0.3) is 0 Å². The van der Waals surface area contributed by atoms with Crippen LogP contribution in [0.15, 0.2) is 39.7 Å². The first-order valence-corrected chi connectivity index (χ1v) is 7.99. The van der Waals surface area contributed by atoms with E-state index >= 15 is 0 Å². The van der Waals surface area contributed by atoms with E-state index in [0.717, 1.165) is 18.8 Å². The Labute approximate surface area is 124 Å². The number of rotatable bonds is 3. The van der Waals surface area contributed by atoms with Gasteiger partial charge in [0.15, 0.2) is 0 Å². The molecular formula is C16H19N3S. The molecule has 104 valence electrons. The zero-order chi connectivity index (χ0) is 13.9. The summed E-state index contributed by atoms with van der Waals surface area (Å²) in [7, 11) is 0. The van der Waals surface area contributed by atoms with Crippen LogP contribution in [0.1, 0.15) is 24.5 Å². The number of hydrogen-bond acceptors (Lipinski definition) is 3. The molecule has 4 heteroatoms. The quantitative estimate of drug-likeness (QED) is 0.923. The minimum absolute atomic E-state index is 0.239. The third-order valence-corrected chi connectivity index (χ3v) is 4.64. The highest BCUT2D eigenvalue weighted by Crippen LogP contribution is 2.43. The van der Waals surface area contributed by atoms with Crippen LogP contribution >= 0.6 is 11.8 Å². The van der Waals surface area contributed by atoms with E-state index in [9.17, 15) is 0 Å². The Hall–Kier alpha value is -1.55. The minimum atomic E-state index is 0.239. The molecule has 0 saturated heterocycles. The zero-order valence-electron chi connectivity index (χ0n) is 11.8. The molecule has 2 aliphatic heterocycles. The number of fused-ring (bicyclic) bond motifs is 1. The van der Waals surface area contributed by atoms with Crippen LogP contribution in [0.2, 0.25) is 0 Å². The second-order valence-corrected chi connectivity index (χ2v) is 6.12. The van der Waals surface area contributed by atoms with Gasteiger partial charge in [0, 0.05) is 6.54 Å². The van der Waals surface area contributed by atoms with Crippen molar-refractivity contribution in [1.82, 2.24) is 5.32 Å². The third-order valence-electron chi connectivity index (χ3n) is 3.57. The average molecular weight is 285 g/mol. The monoisotopic (exact) mass is 285 g/mol. The molecular weight excluding hydrogens is 266 g/mol. The highest BCUT2D eigenvalue weighted by Gasteiger charge is 2.36. The summed E-state index contributed by atoms with van der Waals surface area (Å²) < 4.78 is 0. The van der Waals surface area contributed by atoms with Crippen molar-refractivity contribution >= 4 is 29.5 Å². The molecule has 1 aromatic carbocycles. The molecule has 0 unspecified atom stereocenters. The summed E-state index contributed by atoms with van der Waals surface area (Å²) in [5.41, 5.74) is 3.90. The Balaban J connectivity index is 1.92. The summed E-state index contributed by atoms with van der Waals surface area (Å²) in [6.07, 6.45) is 2.85. The minimum Gasteiger partial charge on any atom is -0.335 e. The van der Waals surface area contributed by atoms with Crippen molar-refractivity contribution in [3.05, 3.63) is 40.8 Å². The molecule has 3 nitrogen and oxygen atoms in total. The predicted octanol–water partition coefficient (Wildman–Crippen LogP) is 3.47. The topological polar surface area (TPSA) is 36.8 Å². The van der Waals surface area contributed by atoms with Gasteiger partial charge in [-0.2, -0.15) is 0 Å². The fourth-order valence-corrected chi connectivity index (χ4v) is 3.62. The van der Waals surface area contributed by atoms with E-state index in [0.29, 0.717) is 0 Å². The van der Waals surface area contributed by atoms with Gasteiger partial charge in [-0.3, -0.25) is 9.98 Å². The van der Waals surface area contributed by atoms with Crippen LogP contribution in [-0.2, 0) is 0 Å². The lowest BCUT2D eigenvalue weighted by Gasteiger charge is -2.25. The molecule has 1 N–H and O–H groups in total. The molecule has 3 rings (SSSR count). The van der Waals surface area contributed by atoms with Crippen LogP contribution in [0, 0.1) is 12.8 Å². The highest BCUT2D eigenvalue weighted by atomic mass is 32.2. The first-order chi connectivity index (χ1) is 9.79. The first kappa shape index (κ1) is 13.4. The second kappa shape index (κ2) is 5.83. The van der Waals surface area contributed by atoms with Gasteiger partial charge in [0.2, 0.25) is 0 Å². The fraction of sp³-hybridized carbons (Fsp3) is 0.375. The maximum atomic E-state index is 4.70. The van der Waals surface area contributed by atoms with Crippen LogP contribution in [0.25, 0.3) is 5.57 Å². The number of amidine groups is 1. The van der Waals surface area contributed by atoms with E-state index in [1.165, 1.54) is 16.7 Å². The summed E-state index contributed by atoms with van der Waals surface area (Å²) in [5, 5.41) is 5.72. The van der Waals surface area contributed by atoms with Gasteiger partial charge in [-0.05, 0) is 29.9 Å². The normalized spacial score (nSPS) is 26.3. The van der Waals surface area contributed by atoms with E-state index < -0.39 is 0 Å². The van der Waals surface area contributed by atoms with Crippen molar-refractivity contribution in [2.24, 2.45) is 15.9 Å². The number of aryl methyl sites for hydroxylation is 1. The lowest BCUT2D eigenvalue weighted by molar-refractivity contribution is 0.782. The van der Waals surface area contributed by atoms with Crippen molar-refractivity contribution in [1.29, 1.82) is 0 Å². The fourth-order valence-electron chi connectivity index (χ4n) is 2.49. The summed E-state index contributed by atoms with van der Waals surface area (Å²) in [4.78, 5) is 9.23. The molecule has 0 bridgehead atoms. The Morgan fingerprint density at radius 1 is 1.30 bits per heavy atom. The van der Waals surface area contributed by atoms with Gasteiger partial charge in [-0.25, -0.2) is 0 Å². The van der Waals surface area contributed by atoms with Gasteiger partial charge in [-0.15, -0.1) is 11.8 Å². The smallest absolute Gasteiger partial charge is 0.115 e. The zero-order valence-corrected chi connectivity index (χ0v) is 12.7. The Bertz CT molecular complexity index is 572. The van der Waals surface area contributed by atoms with Crippen LogP contribution in [0.3, 0.4) is 0 Å². The summed E-state index contributed by atoms with van der Waals surface area (Å²) in [5.74, 6) is 1.32. The lowest BCUT2D eigenvalue weighted by Crippen LogP contribution is -2.39. The van der Waals surface area contributed by atoms with E-state index in [1.807, 2.05) is 0 Å². The van der Waals surface area contributed by atoms with Crippen LogP contribution in [-0.4, -0.2) is 24.1 Å². The number of benzene rings is 1. The maximum Gasteiger partial charge on any atom is 0.115 e. The molecule has 2 aliphatic rings. The van der Waals surface area contributed by atoms with E-state index in [4.69, 9.17) is 4.99 Å². The number of hydrogen-bond donors (Lipinski definition) is 1. The maximum absolute atomic E-state index is 4.70. The SMILES string of the molecule is CCCN=C1NC=N[C@@H]2SC=C(c3ccc(C)cc3)[C@@H]12. The molecule has 2 atom stereocenters. The molecule has 0 fully saturated rings. The number of thioether (sulfide) groups is 1. The summed E-state index contributed by atoms with van der Waals surface area (Å²) in [6, 6.07) is 8.72. The van der Waals surface area contributed by atoms with Gasteiger partial charge >= 0.3 is 0 Å². The number of aliphatic imine (C=N–C) groups is 2. The van der Waals surface area contributed by atoms with Gasteiger partial charge in [-0.1, -0.05) is 36.8 Å². The molecule has 20 heavy (non-hydrogen) atoms. The molecule has 0 amide bonds. The predicted molar refractivity (Wildman–Crippen MR) is 88.2 cm³/mol. The van der Waals surface area contributed by atoms with E-state index in [1.54, 1.807) is 18.1 Å².